The zero-order chi connectivity index (χ0) is 17.6. The van der Waals surface area contributed by atoms with Crippen molar-refractivity contribution in [3.05, 3.63) is 52.3 Å². The highest BCUT2D eigenvalue weighted by Gasteiger charge is 2.21. The summed E-state index contributed by atoms with van der Waals surface area (Å²) in [7, 11) is 0. The summed E-state index contributed by atoms with van der Waals surface area (Å²) in [5, 5.41) is 13.6. The number of aromatic nitrogens is 2. The van der Waals surface area contributed by atoms with Gasteiger partial charge in [-0.25, -0.2) is 0 Å². The lowest BCUT2D eigenvalue weighted by Gasteiger charge is -2.20. The third kappa shape index (κ3) is 4.08. The predicted molar refractivity (Wildman–Crippen MR) is 98.2 cm³/mol. The average molecular weight is 341 g/mol. The summed E-state index contributed by atoms with van der Waals surface area (Å²) in [6, 6.07) is 8.30. The molecular formula is C19H27N5O. The summed E-state index contributed by atoms with van der Waals surface area (Å²) < 4.78 is 0. The van der Waals surface area contributed by atoms with Crippen molar-refractivity contribution >= 4 is 5.91 Å². The van der Waals surface area contributed by atoms with Crippen molar-refractivity contribution < 1.29 is 4.79 Å². The SMILES string of the molecule is CCN(CC)Cc1ccccc1CNC(=O)c1n[nH]c2c1CNCC2. The number of benzene rings is 1. The fourth-order valence-corrected chi connectivity index (χ4v) is 3.24. The second-order valence-corrected chi connectivity index (χ2v) is 6.37. The van der Waals surface area contributed by atoms with E-state index in [1.807, 2.05) is 6.07 Å². The number of nitrogens with zero attached hydrogens (tertiary/aromatic N) is 2. The van der Waals surface area contributed by atoms with Gasteiger partial charge in [0, 0.05) is 43.9 Å². The Morgan fingerprint density at radius 3 is 2.76 bits per heavy atom. The van der Waals surface area contributed by atoms with Crippen molar-refractivity contribution in [1.82, 2.24) is 25.7 Å². The van der Waals surface area contributed by atoms with Crippen molar-refractivity contribution in [2.75, 3.05) is 19.6 Å². The first kappa shape index (κ1) is 17.6. The molecule has 1 aromatic heterocycles. The Kier molecular flexibility index (Phi) is 5.83. The van der Waals surface area contributed by atoms with E-state index in [1.54, 1.807) is 0 Å². The molecule has 0 fully saturated rings. The molecule has 0 saturated heterocycles. The van der Waals surface area contributed by atoms with E-state index in [2.05, 4.69) is 57.8 Å². The molecule has 3 N–H and O–H groups in total. The van der Waals surface area contributed by atoms with Crippen molar-refractivity contribution in [3.63, 3.8) is 0 Å². The molecule has 0 atom stereocenters. The lowest BCUT2D eigenvalue weighted by Crippen LogP contribution is -2.29. The third-order valence-corrected chi connectivity index (χ3v) is 4.87. The summed E-state index contributed by atoms with van der Waals surface area (Å²) in [6.07, 6.45) is 0.891. The summed E-state index contributed by atoms with van der Waals surface area (Å²) in [6.45, 7) is 9.42. The Labute approximate surface area is 149 Å². The lowest BCUT2D eigenvalue weighted by molar-refractivity contribution is 0.0944. The smallest absolute Gasteiger partial charge is 0.272 e. The molecule has 0 bridgehead atoms. The van der Waals surface area contributed by atoms with Gasteiger partial charge < -0.3 is 10.6 Å². The minimum absolute atomic E-state index is 0.112. The van der Waals surface area contributed by atoms with Crippen LogP contribution in [-0.4, -0.2) is 40.6 Å². The number of amides is 1. The van der Waals surface area contributed by atoms with Crippen LogP contribution in [0.1, 0.15) is 46.7 Å². The molecule has 0 saturated carbocycles. The molecular weight excluding hydrogens is 314 g/mol. The third-order valence-electron chi connectivity index (χ3n) is 4.87. The molecule has 1 amide bonds. The van der Waals surface area contributed by atoms with Gasteiger partial charge in [-0.05, 0) is 24.2 Å². The van der Waals surface area contributed by atoms with Crippen molar-refractivity contribution in [2.24, 2.45) is 0 Å². The highest BCUT2D eigenvalue weighted by atomic mass is 16.1. The summed E-state index contributed by atoms with van der Waals surface area (Å²) in [4.78, 5) is 14.9. The van der Waals surface area contributed by atoms with Crippen molar-refractivity contribution in [3.8, 4) is 0 Å². The quantitative estimate of drug-likeness (QED) is 0.718. The van der Waals surface area contributed by atoms with E-state index in [-0.39, 0.29) is 5.91 Å². The van der Waals surface area contributed by atoms with Crippen LogP contribution in [0.4, 0.5) is 0 Å². The van der Waals surface area contributed by atoms with Crippen LogP contribution in [0.15, 0.2) is 24.3 Å². The fourth-order valence-electron chi connectivity index (χ4n) is 3.24. The Morgan fingerprint density at radius 2 is 2.00 bits per heavy atom. The van der Waals surface area contributed by atoms with Crippen LogP contribution in [0.2, 0.25) is 0 Å². The molecule has 0 unspecified atom stereocenters. The van der Waals surface area contributed by atoms with Gasteiger partial charge in [0.1, 0.15) is 0 Å². The number of rotatable bonds is 7. The van der Waals surface area contributed by atoms with Crippen LogP contribution in [0.25, 0.3) is 0 Å². The number of nitrogens with one attached hydrogen (secondary N) is 3. The molecule has 25 heavy (non-hydrogen) atoms. The van der Waals surface area contributed by atoms with Crippen LogP contribution in [0, 0.1) is 0 Å². The Morgan fingerprint density at radius 1 is 1.24 bits per heavy atom. The summed E-state index contributed by atoms with van der Waals surface area (Å²) in [5.41, 5.74) is 5.01. The maximum Gasteiger partial charge on any atom is 0.272 e. The molecule has 0 aliphatic carbocycles. The highest BCUT2D eigenvalue weighted by molar-refractivity contribution is 5.94. The largest absolute Gasteiger partial charge is 0.347 e. The molecule has 2 aromatic rings. The Bertz CT molecular complexity index is 720. The molecule has 134 valence electrons. The molecule has 0 radical (unpaired) electrons. The second-order valence-electron chi connectivity index (χ2n) is 6.37. The van der Waals surface area contributed by atoms with Gasteiger partial charge in [0.25, 0.3) is 5.91 Å². The van der Waals surface area contributed by atoms with E-state index >= 15 is 0 Å². The first-order valence-corrected chi connectivity index (χ1v) is 9.07. The molecule has 3 rings (SSSR count). The zero-order valence-electron chi connectivity index (χ0n) is 15.1. The van der Waals surface area contributed by atoms with Crippen molar-refractivity contribution in [1.29, 1.82) is 0 Å². The number of hydrogen-bond donors (Lipinski definition) is 3. The minimum atomic E-state index is -0.112. The molecule has 1 aliphatic rings. The van der Waals surface area contributed by atoms with E-state index in [4.69, 9.17) is 0 Å². The number of hydrogen-bond acceptors (Lipinski definition) is 4. The Hall–Kier alpha value is -2.18. The maximum absolute atomic E-state index is 12.6. The molecule has 2 heterocycles. The van der Waals surface area contributed by atoms with E-state index in [9.17, 15) is 4.79 Å². The molecule has 1 aliphatic heterocycles. The summed E-state index contributed by atoms with van der Waals surface area (Å²) >= 11 is 0. The second kappa shape index (κ2) is 8.27. The summed E-state index contributed by atoms with van der Waals surface area (Å²) in [5.74, 6) is -0.112. The van der Waals surface area contributed by atoms with E-state index in [0.29, 0.717) is 18.8 Å². The van der Waals surface area contributed by atoms with E-state index < -0.39 is 0 Å². The Balaban J connectivity index is 1.67. The molecule has 6 heteroatoms. The topological polar surface area (TPSA) is 73.0 Å². The normalized spacial score (nSPS) is 13.7. The van der Waals surface area contributed by atoms with Crippen LogP contribution >= 0.6 is 0 Å². The molecule has 1 aromatic carbocycles. The van der Waals surface area contributed by atoms with Crippen LogP contribution in [0.3, 0.4) is 0 Å². The van der Waals surface area contributed by atoms with Gasteiger partial charge in [0.05, 0.1) is 0 Å². The first-order valence-electron chi connectivity index (χ1n) is 9.07. The van der Waals surface area contributed by atoms with Crippen LogP contribution in [-0.2, 0) is 26.1 Å². The fraction of sp³-hybridized carbons (Fsp3) is 0.474. The predicted octanol–water partition coefficient (Wildman–Crippen LogP) is 1.83. The van der Waals surface area contributed by atoms with E-state index in [0.717, 1.165) is 49.4 Å². The number of carbonyl (C=O) groups excluding carboxylic acids is 1. The molecule has 0 spiro atoms. The van der Waals surface area contributed by atoms with Crippen LogP contribution < -0.4 is 10.6 Å². The number of carbonyl (C=O) groups is 1. The lowest BCUT2D eigenvalue weighted by atomic mass is 10.1. The van der Waals surface area contributed by atoms with Gasteiger partial charge in [-0.15, -0.1) is 0 Å². The van der Waals surface area contributed by atoms with Gasteiger partial charge in [0.15, 0.2) is 5.69 Å². The van der Waals surface area contributed by atoms with Crippen molar-refractivity contribution in [2.45, 2.75) is 39.9 Å². The monoisotopic (exact) mass is 341 g/mol. The molecule has 6 nitrogen and oxygen atoms in total. The zero-order valence-corrected chi connectivity index (χ0v) is 15.1. The van der Waals surface area contributed by atoms with Gasteiger partial charge in [-0.2, -0.15) is 5.10 Å². The van der Waals surface area contributed by atoms with Gasteiger partial charge in [-0.1, -0.05) is 38.1 Å². The number of H-pyrrole nitrogens is 1. The average Bonchev–Trinajstić information content (AvgIpc) is 3.09. The highest BCUT2D eigenvalue weighted by Crippen LogP contribution is 2.16. The van der Waals surface area contributed by atoms with Gasteiger partial charge >= 0.3 is 0 Å². The minimum Gasteiger partial charge on any atom is -0.347 e. The van der Waals surface area contributed by atoms with Gasteiger partial charge in [0.2, 0.25) is 0 Å². The number of aromatic amines is 1. The van der Waals surface area contributed by atoms with E-state index in [1.165, 1.54) is 5.56 Å². The van der Waals surface area contributed by atoms with Gasteiger partial charge in [-0.3, -0.25) is 14.8 Å². The number of fused-ring (bicyclic) bond motifs is 1. The first-order chi connectivity index (χ1) is 12.2. The van der Waals surface area contributed by atoms with Crippen LogP contribution in [0.5, 0.6) is 0 Å². The maximum atomic E-state index is 12.6. The standard InChI is InChI=1S/C19H27N5O/c1-3-24(4-2)13-15-8-6-5-7-14(15)11-21-19(25)18-16-12-20-10-9-17(16)22-23-18/h5-8,20H,3-4,9-13H2,1-2H3,(H,21,25)(H,22,23).